The van der Waals surface area contributed by atoms with Gasteiger partial charge in [-0.3, -0.25) is 24.4 Å². The molecule has 2 fully saturated rings. The Hall–Kier alpha value is -4.36. The topological polar surface area (TPSA) is 112 Å². The van der Waals surface area contributed by atoms with Crippen molar-refractivity contribution < 1.29 is 14.6 Å². The standard InChI is InChI=1S/C36H42N8O4/c1-24-19-40(27-22-48-23-27)13-16-43(24)44(33-9-5-6-11-37-33)32-18-26(20-39(2)35(32)46)28-10-12-38-34(29(28)21-45)42-15-14-41-30-8-4-3-7-25(30)17-31(41)36(42)47/h5-6,9-12,17-18,20,24,27,45H,3-4,7-8,13-16,19,21-23H2,1-2H3/t24-/m0/s1. The van der Waals surface area contributed by atoms with Crippen molar-refractivity contribution in [2.24, 2.45) is 7.05 Å². The number of hydrazine groups is 1. The molecule has 48 heavy (non-hydrogen) atoms. The fourth-order valence-electron chi connectivity index (χ4n) is 7.88. The molecular weight excluding hydrogens is 608 g/mol. The number of pyridine rings is 3. The molecule has 250 valence electrons. The Labute approximate surface area is 279 Å². The van der Waals surface area contributed by atoms with E-state index in [1.54, 1.807) is 35.1 Å². The summed E-state index contributed by atoms with van der Waals surface area (Å²) in [6.07, 6.45) is 9.52. The molecule has 4 aliphatic rings. The Morgan fingerprint density at radius 1 is 1.00 bits per heavy atom. The SMILES string of the molecule is C[C@H]1CN(C2COC2)CCN1N(c1ccccn1)c1cc(-c2ccnc(N3CCn4c(cc5c4CCCC5)C3=O)c2CO)cn(C)c1=O. The number of piperazine rings is 1. The molecule has 12 heteroatoms. The lowest BCUT2D eigenvalue weighted by Gasteiger charge is -2.48. The van der Waals surface area contributed by atoms with E-state index in [0.717, 1.165) is 63.1 Å². The summed E-state index contributed by atoms with van der Waals surface area (Å²) in [5.41, 5.74) is 5.56. The first kappa shape index (κ1) is 30.9. The summed E-state index contributed by atoms with van der Waals surface area (Å²) in [7, 11) is 1.74. The molecule has 1 atom stereocenters. The average Bonchev–Trinajstić information content (AvgIpc) is 3.47. The zero-order valence-electron chi connectivity index (χ0n) is 27.6. The first-order chi connectivity index (χ1) is 23.4. The number of ether oxygens (including phenoxy) is 1. The molecule has 0 spiro atoms. The van der Waals surface area contributed by atoms with E-state index in [4.69, 9.17) is 4.74 Å². The smallest absolute Gasteiger partial charge is 0.276 e. The van der Waals surface area contributed by atoms with Gasteiger partial charge in [-0.05, 0) is 74.1 Å². The minimum atomic E-state index is -0.314. The molecule has 3 aliphatic heterocycles. The lowest BCUT2D eigenvalue weighted by Crippen LogP contribution is -2.62. The van der Waals surface area contributed by atoms with Gasteiger partial charge in [0.25, 0.3) is 11.5 Å². The molecule has 0 bridgehead atoms. The summed E-state index contributed by atoms with van der Waals surface area (Å²) < 4.78 is 9.22. The summed E-state index contributed by atoms with van der Waals surface area (Å²) in [6, 6.07) is 12.0. The van der Waals surface area contributed by atoms with Crippen LogP contribution in [-0.4, -0.2) is 91.5 Å². The predicted octanol–water partition coefficient (Wildman–Crippen LogP) is 3.13. The van der Waals surface area contributed by atoms with E-state index < -0.39 is 0 Å². The van der Waals surface area contributed by atoms with Crippen LogP contribution in [-0.2, 0) is 37.8 Å². The third kappa shape index (κ3) is 5.23. The lowest BCUT2D eigenvalue weighted by molar-refractivity contribution is -0.0847. The number of aryl methyl sites for hydroxylation is 2. The molecule has 2 saturated heterocycles. The van der Waals surface area contributed by atoms with Gasteiger partial charge in [-0.25, -0.2) is 15.0 Å². The quantitative estimate of drug-likeness (QED) is 0.323. The van der Waals surface area contributed by atoms with Crippen LogP contribution in [0, 0.1) is 0 Å². The van der Waals surface area contributed by atoms with Gasteiger partial charge in [0, 0.05) is 81.2 Å². The highest BCUT2D eigenvalue weighted by Crippen LogP contribution is 2.36. The van der Waals surface area contributed by atoms with Gasteiger partial charge in [0.1, 0.15) is 23.0 Å². The van der Waals surface area contributed by atoms with E-state index in [2.05, 4.69) is 37.4 Å². The number of anilines is 3. The second kappa shape index (κ2) is 12.6. The number of aromatic nitrogens is 4. The zero-order chi connectivity index (χ0) is 32.9. The summed E-state index contributed by atoms with van der Waals surface area (Å²) in [5, 5.41) is 15.0. The van der Waals surface area contributed by atoms with Crippen LogP contribution in [0.15, 0.2) is 59.8 Å². The Balaban J connectivity index is 1.18. The molecule has 1 aliphatic carbocycles. The summed E-state index contributed by atoms with van der Waals surface area (Å²) in [5.74, 6) is 1.01. The number of hydrogen-bond donors (Lipinski definition) is 1. The van der Waals surface area contributed by atoms with Gasteiger partial charge in [0.05, 0.1) is 25.9 Å². The van der Waals surface area contributed by atoms with Crippen molar-refractivity contribution in [3.05, 3.63) is 87.9 Å². The summed E-state index contributed by atoms with van der Waals surface area (Å²) in [4.78, 5) is 41.4. The van der Waals surface area contributed by atoms with Gasteiger partial charge < -0.3 is 19.0 Å². The van der Waals surface area contributed by atoms with E-state index in [1.165, 1.54) is 11.3 Å². The van der Waals surface area contributed by atoms with Crippen LogP contribution in [0.2, 0.25) is 0 Å². The van der Waals surface area contributed by atoms with Gasteiger partial charge in [-0.15, -0.1) is 0 Å². The van der Waals surface area contributed by atoms with Crippen LogP contribution in [0.25, 0.3) is 11.1 Å². The third-order valence-corrected chi connectivity index (χ3v) is 10.5. The molecule has 8 rings (SSSR count). The monoisotopic (exact) mass is 650 g/mol. The maximum absolute atomic E-state index is 14.0. The van der Waals surface area contributed by atoms with E-state index in [1.807, 2.05) is 35.3 Å². The van der Waals surface area contributed by atoms with E-state index in [-0.39, 0.29) is 24.1 Å². The number of carbonyl (C=O) groups excluding carboxylic acids is 1. The van der Waals surface area contributed by atoms with Crippen molar-refractivity contribution in [3.63, 3.8) is 0 Å². The molecular formula is C36H42N8O4. The van der Waals surface area contributed by atoms with Crippen molar-refractivity contribution in [2.75, 3.05) is 49.3 Å². The number of aliphatic hydroxyl groups excluding tert-OH is 1. The predicted molar refractivity (Wildman–Crippen MR) is 182 cm³/mol. The zero-order valence-corrected chi connectivity index (χ0v) is 27.6. The Kier molecular flexibility index (Phi) is 8.11. The van der Waals surface area contributed by atoms with E-state index >= 15 is 0 Å². The average molecular weight is 651 g/mol. The van der Waals surface area contributed by atoms with E-state index in [0.29, 0.717) is 54.3 Å². The fraction of sp³-hybridized carbons (Fsp3) is 0.444. The number of carbonyl (C=O) groups is 1. The largest absolute Gasteiger partial charge is 0.392 e. The van der Waals surface area contributed by atoms with Crippen LogP contribution >= 0.6 is 0 Å². The minimum absolute atomic E-state index is 0.0981. The van der Waals surface area contributed by atoms with Crippen molar-refractivity contribution in [3.8, 4) is 11.1 Å². The molecule has 0 radical (unpaired) electrons. The molecule has 4 aromatic rings. The number of aliphatic hydroxyl groups is 1. The Morgan fingerprint density at radius 2 is 1.85 bits per heavy atom. The highest BCUT2D eigenvalue weighted by Gasteiger charge is 2.37. The van der Waals surface area contributed by atoms with Crippen molar-refractivity contribution in [2.45, 2.75) is 57.8 Å². The molecule has 1 amide bonds. The van der Waals surface area contributed by atoms with Crippen LogP contribution < -0.4 is 15.5 Å². The summed E-state index contributed by atoms with van der Waals surface area (Å²) >= 11 is 0. The van der Waals surface area contributed by atoms with Crippen molar-refractivity contribution in [1.82, 2.24) is 29.0 Å². The first-order valence-electron chi connectivity index (χ1n) is 17.1. The number of amides is 1. The van der Waals surface area contributed by atoms with Gasteiger partial charge in [-0.2, -0.15) is 0 Å². The second-order valence-corrected chi connectivity index (χ2v) is 13.4. The molecule has 4 aromatic heterocycles. The normalized spacial score (nSPS) is 20.4. The first-order valence-corrected chi connectivity index (χ1v) is 17.1. The van der Waals surface area contributed by atoms with Crippen LogP contribution in [0.1, 0.15) is 47.1 Å². The Bertz CT molecular complexity index is 1900. The molecule has 0 aromatic carbocycles. The number of rotatable bonds is 7. The molecule has 0 unspecified atom stereocenters. The number of nitrogens with zero attached hydrogens (tertiary/aromatic N) is 8. The fourth-order valence-corrected chi connectivity index (χ4v) is 7.88. The minimum Gasteiger partial charge on any atom is -0.392 e. The number of hydrogen-bond acceptors (Lipinski definition) is 9. The van der Waals surface area contributed by atoms with Crippen LogP contribution in [0.3, 0.4) is 0 Å². The highest BCUT2D eigenvalue weighted by atomic mass is 16.5. The molecule has 1 N–H and O–H groups in total. The lowest BCUT2D eigenvalue weighted by atomic mass is 9.98. The van der Waals surface area contributed by atoms with Crippen LogP contribution in [0.5, 0.6) is 0 Å². The van der Waals surface area contributed by atoms with Gasteiger partial charge in [0.2, 0.25) is 0 Å². The van der Waals surface area contributed by atoms with Crippen molar-refractivity contribution >= 4 is 23.2 Å². The molecule has 7 heterocycles. The highest BCUT2D eigenvalue weighted by molar-refractivity contribution is 6.06. The number of fused-ring (bicyclic) bond motifs is 3. The Morgan fingerprint density at radius 3 is 2.60 bits per heavy atom. The van der Waals surface area contributed by atoms with Gasteiger partial charge in [0.15, 0.2) is 0 Å². The van der Waals surface area contributed by atoms with Crippen LogP contribution in [0.4, 0.5) is 17.3 Å². The van der Waals surface area contributed by atoms with Gasteiger partial charge in [-0.1, -0.05) is 6.07 Å². The third-order valence-electron chi connectivity index (χ3n) is 10.5. The molecule has 12 nitrogen and oxygen atoms in total. The van der Waals surface area contributed by atoms with Crippen molar-refractivity contribution in [1.29, 1.82) is 0 Å². The second-order valence-electron chi connectivity index (χ2n) is 13.4. The maximum Gasteiger partial charge on any atom is 0.276 e. The molecule has 0 saturated carbocycles. The summed E-state index contributed by atoms with van der Waals surface area (Å²) in [6.45, 7) is 6.95. The maximum atomic E-state index is 14.0. The van der Waals surface area contributed by atoms with Gasteiger partial charge >= 0.3 is 0 Å². The van der Waals surface area contributed by atoms with E-state index in [9.17, 15) is 14.7 Å².